The van der Waals surface area contributed by atoms with Crippen molar-refractivity contribution in [1.82, 2.24) is 15.2 Å². The third kappa shape index (κ3) is 3.12. The molecule has 0 bridgehead atoms. The lowest BCUT2D eigenvalue weighted by atomic mass is 10.4. The highest BCUT2D eigenvalue weighted by Crippen LogP contribution is 1.97. The maximum absolute atomic E-state index is 11.2. The first-order valence-electron chi connectivity index (χ1n) is 4.74. The molecule has 1 heterocycles. The van der Waals surface area contributed by atoms with Crippen molar-refractivity contribution in [3.05, 3.63) is 24.0 Å². The predicted octanol–water partition coefficient (Wildman–Crippen LogP) is 1.23. The van der Waals surface area contributed by atoms with Crippen LogP contribution in [0.15, 0.2) is 18.3 Å². The van der Waals surface area contributed by atoms with Crippen molar-refractivity contribution >= 4 is 6.03 Å². The van der Waals surface area contributed by atoms with Gasteiger partial charge in [0.25, 0.3) is 0 Å². The van der Waals surface area contributed by atoms with E-state index in [1.54, 1.807) is 0 Å². The molecule has 0 atom stereocenters. The first-order valence-corrected chi connectivity index (χ1v) is 4.74. The second-order valence-corrected chi connectivity index (χ2v) is 3.59. The monoisotopic (exact) mass is 195 g/mol. The largest absolute Gasteiger partial charge is 0.353 e. The van der Waals surface area contributed by atoms with Gasteiger partial charge in [-0.1, -0.05) is 0 Å². The molecule has 14 heavy (non-hydrogen) atoms. The Bertz CT molecular complexity index is 304. The van der Waals surface area contributed by atoms with Crippen LogP contribution in [0.1, 0.15) is 19.5 Å². The number of urea groups is 1. The molecule has 1 aromatic heterocycles. The summed E-state index contributed by atoms with van der Waals surface area (Å²) >= 11 is 0. The zero-order valence-corrected chi connectivity index (χ0v) is 8.87. The van der Waals surface area contributed by atoms with E-state index in [9.17, 15) is 4.79 Å². The highest BCUT2D eigenvalue weighted by molar-refractivity contribution is 5.73. The molecule has 0 saturated carbocycles. The van der Waals surface area contributed by atoms with Gasteiger partial charge in [-0.3, -0.25) is 0 Å². The number of hydrogen-bond acceptors (Lipinski definition) is 1. The highest BCUT2D eigenvalue weighted by atomic mass is 16.2. The lowest BCUT2D eigenvalue weighted by Crippen LogP contribution is -2.39. The molecule has 1 aromatic rings. The number of nitrogens with one attached hydrogen (secondary N) is 2. The number of nitrogens with zero attached hydrogens (tertiary/aromatic N) is 1. The van der Waals surface area contributed by atoms with E-state index in [1.165, 1.54) is 0 Å². The van der Waals surface area contributed by atoms with Crippen molar-refractivity contribution in [2.75, 3.05) is 0 Å². The summed E-state index contributed by atoms with van der Waals surface area (Å²) in [5.41, 5.74) is 1.09. The van der Waals surface area contributed by atoms with Gasteiger partial charge >= 0.3 is 6.03 Å². The van der Waals surface area contributed by atoms with E-state index in [0.717, 1.165) is 5.69 Å². The molecule has 0 saturated heterocycles. The standard InChI is InChI=1S/C10H17N3O/c1-8(2)12-10(14)11-7-9-5-4-6-13(9)3/h4-6,8H,7H2,1-3H3,(H2,11,12,14). The average Bonchev–Trinajstić information content (AvgIpc) is 2.46. The SMILES string of the molecule is CC(C)NC(=O)NCc1cccn1C. The molecule has 0 aliphatic rings. The molecule has 0 spiro atoms. The molecule has 2 amide bonds. The van der Waals surface area contributed by atoms with Crippen molar-refractivity contribution in [3.8, 4) is 0 Å². The van der Waals surface area contributed by atoms with Crippen LogP contribution in [0, 0.1) is 0 Å². The Morgan fingerprint density at radius 3 is 2.79 bits per heavy atom. The van der Waals surface area contributed by atoms with E-state index in [0.29, 0.717) is 6.54 Å². The van der Waals surface area contributed by atoms with Gasteiger partial charge in [-0.25, -0.2) is 4.79 Å². The molecule has 4 heteroatoms. The van der Waals surface area contributed by atoms with E-state index in [4.69, 9.17) is 0 Å². The summed E-state index contributed by atoms with van der Waals surface area (Å²) in [6.07, 6.45) is 1.96. The lowest BCUT2D eigenvalue weighted by molar-refractivity contribution is 0.238. The number of rotatable bonds is 3. The fourth-order valence-corrected chi connectivity index (χ4v) is 1.16. The maximum atomic E-state index is 11.2. The average molecular weight is 195 g/mol. The van der Waals surface area contributed by atoms with Crippen LogP contribution in [0.3, 0.4) is 0 Å². The molecule has 2 N–H and O–H groups in total. The van der Waals surface area contributed by atoms with Gasteiger partial charge in [0.2, 0.25) is 0 Å². The van der Waals surface area contributed by atoms with Gasteiger partial charge in [-0.05, 0) is 26.0 Å². The van der Waals surface area contributed by atoms with Gasteiger partial charge < -0.3 is 15.2 Å². The molecule has 78 valence electrons. The summed E-state index contributed by atoms with van der Waals surface area (Å²) < 4.78 is 1.98. The Hall–Kier alpha value is -1.45. The minimum absolute atomic E-state index is 0.124. The van der Waals surface area contributed by atoms with E-state index in [2.05, 4.69) is 10.6 Å². The summed E-state index contributed by atoms with van der Waals surface area (Å²) in [6, 6.07) is 3.98. The lowest BCUT2D eigenvalue weighted by Gasteiger charge is -2.10. The molecule has 0 fully saturated rings. The second-order valence-electron chi connectivity index (χ2n) is 3.59. The summed E-state index contributed by atoms with van der Waals surface area (Å²) in [5, 5.41) is 5.55. The van der Waals surface area contributed by atoms with Crippen LogP contribution in [-0.4, -0.2) is 16.6 Å². The Balaban J connectivity index is 2.34. The zero-order valence-electron chi connectivity index (χ0n) is 8.87. The predicted molar refractivity (Wildman–Crippen MR) is 55.9 cm³/mol. The van der Waals surface area contributed by atoms with E-state index >= 15 is 0 Å². The van der Waals surface area contributed by atoms with Crippen molar-refractivity contribution in [2.45, 2.75) is 26.4 Å². The topological polar surface area (TPSA) is 46.1 Å². The third-order valence-electron chi connectivity index (χ3n) is 1.90. The van der Waals surface area contributed by atoms with Crippen molar-refractivity contribution < 1.29 is 4.79 Å². The Kier molecular flexibility index (Phi) is 3.56. The number of hydrogen-bond donors (Lipinski definition) is 2. The fraction of sp³-hybridized carbons (Fsp3) is 0.500. The molecule has 0 aliphatic carbocycles. The van der Waals surface area contributed by atoms with Crippen LogP contribution in [0.2, 0.25) is 0 Å². The summed E-state index contributed by atoms with van der Waals surface area (Å²) in [6.45, 7) is 4.42. The Morgan fingerprint density at radius 2 is 2.29 bits per heavy atom. The smallest absolute Gasteiger partial charge is 0.315 e. The van der Waals surface area contributed by atoms with Crippen LogP contribution >= 0.6 is 0 Å². The first-order chi connectivity index (χ1) is 6.59. The van der Waals surface area contributed by atoms with Crippen LogP contribution in [-0.2, 0) is 13.6 Å². The number of aromatic nitrogens is 1. The van der Waals surface area contributed by atoms with Crippen LogP contribution in [0.5, 0.6) is 0 Å². The summed E-state index contributed by atoms with van der Waals surface area (Å²) in [7, 11) is 1.96. The molecular weight excluding hydrogens is 178 g/mol. The minimum Gasteiger partial charge on any atom is -0.353 e. The molecular formula is C10H17N3O. The molecule has 0 aromatic carbocycles. The minimum atomic E-state index is -0.124. The summed E-state index contributed by atoms with van der Waals surface area (Å²) in [4.78, 5) is 11.2. The van der Waals surface area contributed by atoms with Gasteiger partial charge in [0.1, 0.15) is 0 Å². The van der Waals surface area contributed by atoms with Crippen molar-refractivity contribution in [2.24, 2.45) is 7.05 Å². The highest BCUT2D eigenvalue weighted by Gasteiger charge is 2.02. The van der Waals surface area contributed by atoms with Gasteiger partial charge in [0.05, 0.1) is 6.54 Å². The van der Waals surface area contributed by atoms with Gasteiger partial charge in [-0.2, -0.15) is 0 Å². The van der Waals surface area contributed by atoms with E-state index in [1.807, 2.05) is 43.8 Å². The molecule has 0 aliphatic heterocycles. The van der Waals surface area contributed by atoms with Crippen LogP contribution in [0.25, 0.3) is 0 Å². The van der Waals surface area contributed by atoms with E-state index < -0.39 is 0 Å². The number of carbonyl (C=O) groups is 1. The van der Waals surface area contributed by atoms with E-state index in [-0.39, 0.29) is 12.1 Å². The molecule has 0 radical (unpaired) electrons. The number of carbonyl (C=O) groups excluding carboxylic acids is 1. The third-order valence-corrected chi connectivity index (χ3v) is 1.90. The van der Waals surface area contributed by atoms with Gasteiger partial charge in [0, 0.05) is 25.0 Å². The fourth-order valence-electron chi connectivity index (χ4n) is 1.16. The number of aryl methyl sites for hydroxylation is 1. The normalized spacial score (nSPS) is 10.3. The Labute approximate surface area is 84.3 Å². The van der Waals surface area contributed by atoms with Crippen LogP contribution in [0.4, 0.5) is 4.79 Å². The number of amides is 2. The second kappa shape index (κ2) is 4.69. The van der Waals surface area contributed by atoms with Crippen LogP contribution < -0.4 is 10.6 Å². The quantitative estimate of drug-likeness (QED) is 0.748. The maximum Gasteiger partial charge on any atom is 0.315 e. The van der Waals surface area contributed by atoms with Crippen molar-refractivity contribution in [3.63, 3.8) is 0 Å². The van der Waals surface area contributed by atoms with Crippen molar-refractivity contribution in [1.29, 1.82) is 0 Å². The van der Waals surface area contributed by atoms with Gasteiger partial charge in [0.15, 0.2) is 0 Å². The Morgan fingerprint density at radius 1 is 1.57 bits per heavy atom. The molecule has 0 unspecified atom stereocenters. The molecule has 4 nitrogen and oxygen atoms in total. The zero-order chi connectivity index (χ0) is 10.6. The first kappa shape index (κ1) is 10.6. The summed E-state index contributed by atoms with van der Waals surface area (Å²) in [5.74, 6) is 0. The van der Waals surface area contributed by atoms with Gasteiger partial charge in [-0.15, -0.1) is 0 Å². The molecule has 1 rings (SSSR count).